The molecule has 3 aliphatic rings. The third-order valence-electron chi connectivity index (χ3n) is 5.99. The molecule has 0 amide bonds. The summed E-state index contributed by atoms with van der Waals surface area (Å²) in [6.45, 7) is 6.04. The van der Waals surface area contributed by atoms with Gasteiger partial charge in [0.1, 0.15) is 30.3 Å². The minimum atomic E-state index is -1.23. The van der Waals surface area contributed by atoms with Gasteiger partial charge in [-0.25, -0.2) is 0 Å². The molecular formula is C21H28O8. The van der Waals surface area contributed by atoms with E-state index in [2.05, 4.69) is 0 Å². The molecule has 4 rings (SSSR count). The van der Waals surface area contributed by atoms with E-state index in [1.54, 1.807) is 13.8 Å². The van der Waals surface area contributed by atoms with Crippen LogP contribution in [0.3, 0.4) is 0 Å². The van der Waals surface area contributed by atoms with Crippen molar-refractivity contribution >= 4 is 5.57 Å². The quantitative estimate of drug-likeness (QED) is 0.811. The highest BCUT2D eigenvalue weighted by molar-refractivity contribution is 5.71. The lowest BCUT2D eigenvalue weighted by Gasteiger charge is -2.55. The first-order chi connectivity index (χ1) is 13.8. The van der Waals surface area contributed by atoms with Crippen LogP contribution in [0.5, 0.6) is 11.5 Å². The third kappa shape index (κ3) is 3.43. The zero-order valence-corrected chi connectivity index (χ0v) is 17.3. The first-order valence-electron chi connectivity index (χ1n) is 9.66. The summed E-state index contributed by atoms with van der Waals surface area (Å²) < 4.78 is 40.9. The Morgan fingerprint density at radius 1 is 1.07 bits per heavy atom. The van der Waals surface area contributed by atoms with Gasteiger partial charge in [-0.2, -0.15) is 0 Å². The van der Waals surface area contributed by atoms with Crippen LogP contribution in [-0.4, -0.2) is 68.7 Å². The minimum Gasteiger partial charge on any atom is -0.489 e. The number of allylic oxidation sites excluding steroid dienone is 1. The van der Waals surface area contributed by atoms with Crippen LogP contribution in [0.15, 0.2) is 24.3 Å². The Balaban J connectivity index is 1.58. The van der Waals surface area contributed by atoms with Crippen molar-refractivity contribution in [2.75, 3.05) is 27.4 Å². The fourth-order valence-corrected chi connectivity index (χ4v) is 3.85. The highest BCUT2D eigenvalue weighted by Crippen LogP contribution is 2.43. The van der Waals surface area contributed by atoms with Crippen LogP contribution >= 0.6 is 0 Å². The van der Waals surface area contributed by atoms with Gasteiger partial charge in [-0.3, -0.25) is 0 Å². The van der Waals surface area contributed by atoms with E-state index in [1.807, 2.05) is 31.2 Å². The summed E-state index contributed by atoms with van der Waals surface area (Å²) in [5.74, 6) is -1.12. The Bertz CT molecular complexity index is 795. The summed E-state index contributed by atoms with van der Waals surface area (Å²) >= 11 is 0. The topological polar surface area (TPSA) is 84.8 Å². The molecular weight excluding hydrogens is 380 g/mol. The summed E-state index contributed by atoms with van der Waals surface area (Å²) in [7, 11) is 3.01. The fraction of sp³-hybridized carbons (Fsp3) is 0.619. The molecule has 3 heterocycles. The lowest BCUT2D eigenvalue weighted by Crippen LogP contribution is -2.71. The number of benzene rings is 1. The maximum atomic E-state index is 10.4. The summed E-state index contributed by atoms with van der Waals surface area (Å²) in [6.07, 6.45) is -1.11. The molecule has 160 valence electrons. The lowest BCUT2D eigenvalue weighted by molar-refractivity contribution is -0.475. The molecule has 29 heavy (non-hydrogen) atoms. The van der Waals surface area contributed by atoms with Gasteiger partial charge in [-0.05, 0) is 44.6 Å². The molecule has 1 N–H and O–H groups in total. The smallest absolute Gasteiger partial charge is 0.229 e. The Hall–Kier alpha value is -1.68. The van der Waals surface area contributed by atoms with E-state index >= 15 is 0 Å². The van der Waals surface area contributed by atoms with Crippen molar-refractivity contribution in [2.24, 2.45) is 0 Å². The van der Waals surface area contributed by atoms with Gasteiger partial charge in [0.25, 0.3) is 0 Å². The molecule has 2 saturated heterocycles. The highest BCUT2D eigenvalue weighted by Gasteiger charge is 2.61. The van der Waals surface area contributed by atoms with E-state index in [-0.39, 0.29) is 6.61 Å². The second-order valence-corrected chi connectivity index (χ2v) is 7.71. The van der Waals surface area contributed by atoms with Crippen LogP contribution in [0.1, 0.15) is 26.3 Å². The van der Waals surface area contributed by atoms with Gasteiger partial charge in [-0.1, -0.05) is 0 Å². The number of aliphatic hydroxyl groups is 1. The van der Waals surface area contributed by atoms with Crippen molar-refractivity contribution in [3.63, 3.8) is 0 Å². The van der Waals surface area contributed by atoms with E-state index in [4.69, 9.17) is 33.2 Å². The molecule has 0 aromatic heterocycles. The first-order valence-corrected chi connectivity index (χ1v) is 9.66. The standard InChI is InChI=1S/C21H28O8/c1-12-8-9-25-16-10-13(6-7-14(12)16)27-19-18-17(15(22)11-26-19)28-20(2,23-4)21(3,24-5)29-18/h6-8,10,15,17-19,22H,9,11H2,1-5H3/t15-,17+,18-,19+,20?,21?/m1/s1. The van der Waals surface area contributed by atoms with Crippen molar-refractivity contribution in [3.8, 4) is 11.5 Å². The molecule has 0 spiro atoms. The monoisotopic (exact) mass is 408 g/mol. The Morgan fingerprint density at radius 2 is 1.76 bits per heavy atom. The zero-order chi connectivity index (χ0) is 20.8. The van der Waals surface area contributed by atoms with Crippen molar-refractivity contribution in [2.45, 2.75) is 56.9 Å². The lowest BCUT2D eigenvalue weighted by atomic mass is 9.98. The molecule has 0 saturated carbocycles. The molecule has 2 unspecified atom stereocenters. The first kappa shape index (κ1) is 20.6. The molecule has 0 aliphatic carbocycles. The number of methoxy groups -OCH3 is 2. The van der Waals surface area contributed by atoms with Crippen LogP contribution in [-0.2, 0) is 23.7 Å². The van der Waals surface area contributed by atoms with Gasteiger partial charge >= 0.3 is 0 Å². The van der Waals surface area contributed by atoms with E-state index in [9.17, 15) is 5.11 Å². The summed E-state index contributed by atoms with van der Waals surface area (Å²) in [6, 6.07) is 5.63. The largest absolute Gasteiger partial charge is 0.489 e. The molecule has 0 bridgehead atoms. The second-order valence-electron chi connectivity index (χ2n) is 7.71. The van der Waals surface area contributed by atoms with Crippen LogP contribution in [0, 0.1) is 0 Å². The number of aliphatic hydroxyl groups excluding tert-OH is 1. The van der Waals surface area contributed by atoms with E-state index in [0.717, 1.165) is 16.9 Å². The van der Waals surface area contributed by atoms with E-state index in [0.29, 0.717) is 12.4 Å². The average Bonchev–Trinajstić information content (AvgIpc) is 2.72. The van der Waals surface area contributed by atoms with Gasteiger partial charge < -0.3 is 38.3 Å². The number of ether oxygens (including phenoxy) is 7. The summed E-state index contributed by atoms with van der Waals surface area (Å²) in [4.78, 5) is 0. The number of fused-ring (bicyclic) bond motifs is 2. The SMILES string of the molecule is COC1(C)O[C@@H]2[C@@H](OC1(C)OC)[C@H](Oc1ccc3c(c1)OCC=C3C)OC[C@H]2O. The maximum absolute atomic E-state index is 10.4. The van der Waals surface area contributed by atoms with Crippen LogP contribution in [0.25, 0.3) is 5.57 Å². The van der Waals surface area contributed by atoms with Gasteiger partial charge in [0.05, 0.1) is 6.61 Å². The molecule has 8 nitrogen and oxygen atoms in total. The van der Waals surface area contributed by atoms with Gasteiger partial charge in [-0.15, -0.1) is 0 Å². The van der Waals surface area contributed by atoms with Crippen molar-refractivity contribution < 1.29 is 38.3 Å². The Labute approximate surface area is 170 Å². The second kappa shape index (κ2) is 7.54. The van der Waals surface area contributed by atoms with Crippen LogP contribution in [0.4, 0.5) is 0 Å². The summed E-state index contributed by atoms with van der Waals surface area (Å²) in [5, 5.41) is 10.4. The molecule has 3 aliphatic heterocycles. The fourth-order valence-electron chi connectivity index (χ4n) is 3.85. The molecule has 1 aromatic carbocycles. The molecule has 2 fully saturated rings. The van der Waals surface area contributed by atoms with E-state index in [1.165, 1.54) is 14.2 Å². The zero-order valence-electron chi connectivity index (χ0n) is 17.3. The van der Waals surface area contributed by atoms with Gasteiger partial charge in [0, 0.05) is 25.8 Å². The van der Waals surface area contributed by atoms with Gasteiger partial charge in [0.15, 0.2) is 6.10 Å². The van der Waals surface area contributed by atoms with Crippen LogP contribution < -0.4 is 9.47 Å². The minimum absolute atomic E-state index is 0.0436. The van der Waals surface area contributed by atoms with E-state index < -0.39 is 36.2 Å². The van der Waals surface area contributed by atoms with Crippen molar-refractivity contribution in [3.05, 3.63) is 29.8 Å². The van der Waals surface area contributed by atoms with Crippen molar-refractivity contribution in [1.29, 1.82) is 0 Å². The average molecular weight is 408 g/mol. The van der Waals surface area contributed by atoms with Gasteiger partial charge in [0.2, 0.25) is 17.9 Å². The molecule has 0 radical (unpaired) electrons. The predicted octanol–water partition coefficient (Wildman–Crippen LogP) is 2.09. The summed E-state index contributed by atoms with van der Waals surface area (Å²) in [5.41, 5.74) is 2.19. The Kier molecular flexibility index (Phi) is 5.35. The molecule has 6 atom stereocenters. The third-order valence-corrected chi connectivity index (χ3v) is 5.99. The number of hydrogen-bond donors (Lipinski definition) is 1. The predicted molar refractivity (Wildman–Crippen MR) is 103 cm³/mol. The van der Waals surface area contributed by atoms with Crippen LogP contribution in [0.2, 0.25) is 0 Å². The maximum Gasteiger partial charge on any atom is 0.229 e. The number of hydrogen-bond acceptors (Lipinski definition) is 8. The van der Waals surface area contributed by atoms with Crippen molar-refractivity contribution in [1.82, 2.24) is 0 Å². The highest BCUT2D eigenvalue weighted by atomic mass is 16.8. The molecule has 1 aromatic rings. The Morgan fingerprint density at radius 3 is 2.45 bits per heavy atom. The molecule has 8 heteroatoms. The number of rotatable bonds is 4. The normalized spacial score (nSPS) is 39.0.